The molecule has 0 unspecified atom stereocenters. The van der Waals surface area contributed by atoms with Crippen LogP contribution in [0.15, 0.2) is 28.9 Å². The lowest BCUT2D eigenvalue weighted by Gasteiger charge is -2.05. The smallest absolute Gasteiger partial charge is 0.166 e. The van der Waals surface area contributed by atoms with Crippen molar-refractivity contribution in [1.82, 2.24) is 4.98 Å². The van der Waals surface area contributed by atoms with Crippen molar-refractivity contribution in [2.75, 3.05) is 11.9 Å². The van der Waals surface area contributed by atoms with E-state index in [1.807, 2.05) is 12.1 Å². The fraction of sp³-hybridized carbons (Fsp3) is 0.182. The van der Waals surface area contributed by atoms with E-state index < -0.39 is 0 Å². The zero-order valence-corrected chi connectivity index (χ0v) is 11.9. The van der Waals surface area contributed by atoms with Gasteiger partial charge >= 0.3 is 0 Å². The number of thiophene rings is 1. The number of hydrogen-bond donors (Lipinski definition) is 1. The van der Waals surface area contributed by atoms with Crippen molar-refractivity contribution in [2.24, 2.45) is 0 Å². The molecule has 2 aromatic rings. The zero-order valence-electron chi connectivity index (χ0n) is 8.71. The van der Waals surface area contributed by atoms with Crippen molar-refractivity contribution in [3.8, 4) is 0 Å². The zero-order chi connectivity index (χ0) is 12.3. The predicted molar refractivity (Wildman–Crippen MR) is 73.4 cm³/mol. The van der Waals surface area contributed by atoms with Crippen LogP contribution in [0.3, 0.4) is 0 Å². The summed E-state index contributed by atoms with van der Waals surface area (Å²) in [5.41, 5.74) is 0. The number of anilines is 1. The van der Waals surface area contributed by atoms with Gasteiger partial charge in [0.15, 0.2) is 11.6 Å². The van der Waals surface area contributed by atoms with E-state index >= 15 is 0 Å². The van der Waals surface area contributed by atoms with E-state index in [9.17, 15) is 4.39 Å². The van der Waals surface area contributed by atoms with Gasteiger partial charge in [-0.25, -0.2) is 9.37 Å². The van der Waals surface area contributed by atoms with Gasteiger partial charge in [-0.1, -0.05) is 11.6 Å². The van der Waals surface area contributed by atoms with Gasteiger partial charge in [-0.3, -0.25) is 0 Å². The highest BCUT2D eigenvalue weighted by molar-refractivity contribution is 9.10. The second kappa shape index (κ2) is 5.80. The molecule has 0 aromatic carbocycles. The molecule has 0 radical (unpaired) electrons. The molecule has 17 heavy (non-hydrogen) atoms. The monoisotopic (exact) mass is 334 g/mol. The molecule has 0 saturated carbocycles. The Balaban J connectivity index is 1.90. The number of hydrogen-bond acceptors (Lipinski definition) is 3. The molecule has 2 nitrogen and oxygen atoms in total. The SMILES string of the molecule is Fc1cc(Br)cnc1NCCc1ccc(Cl)s1. The van der Waals surface area contributed by atoms with Gasteiger partial charge in [0.2, 0.25) is 0 Å². The minimum Gasteiger partial charge on any atom is -0.367 e. The molecule has 2 heterocycles. The average Bonchev–Trinajstić information content (AvgIpc) is 2.68. The standard InChI is InChI=1S/C11H9BrClFN2S/c12-7-5-9(14)11(16-6-7)15-4-3-8-1-2-10(13)17-8/h1-2,5-6H,3-4H2,(H,15,16). The van der Waals surface area contributed by atoms with Crippen LogP contribution in [-0.4, -0.2) is 11.5 Å². The Hall–Kier alpha value is -0.650. The maximum atomic E-state index is 13.4. The quantitative estimate of drug-likeness (QED) is 0.898. The van der Waals surface area contributed by atoms with E-state index in [0.29, 0.717) is 11.0 Å². The molecule has 0 atom stereocenters. The lowest BCUT2D eigenvalue weighted by molar-refractivity contribution is 0.623. The number of nitrogens with zero attached hydrogens (tertiary/aromatic N) is 1. The third-order valence-electron chi connectivity index (χ3n) is 2.10. The first-order valence-electron chi connectivity index (χ1n) is 4.94. The Morgan fingerprint density at radius 3 is 2.94 bits per heavy atom. The molecule has 0 aliphatic carbocycles. The van der Waals surface area contributed by atoms with E-state index in [4.69, 9.17) is 11.6 Å². The summed E-state index contributed by atoms with van der Waals surface area (Å²) in [5, 5.41) is 2.95. The minimum atomic E-state index is -0.358. The summed E-state index contributed by atoms with van der Waals surface area (Å²) in [4.78, 5) is 5.13. The maximum Gasteiger partial charge on any atom is 0.166 e. The molecule has 0 bridgehead atoms. The van der Waals surface area contributed by atoms with Gasteiger partial charge in [-0.2, -0.15) is 0 Å². The maximum absolute atomic E-state index is 13.4. The van der Waals surface area contributed by atoms with E-state index in [1.54, 1.807) is 6.20 Å². The van der Waals surface area contributed by atoms with Gasteiger partial charge in [0.25, 0.3) is 0 Å². The third kappa shape index (κ3) is 3.66. The Labute approximate surface area is 116 Å². The van der Waals surface area contributed by atoms with Gasteiger partial charge in [-0.05, 0) is 40.5 Å². The fourth-order valence-corrected chi connectivity index (χ4v) is 2.73. The summed E-state index contributed by atoms with van der Waals surface area (Å²) in [6, 6.07) is 5.22. The van der Waals surface area contributed by atoms with Crippen LogP contribution in [0.5, 0.6) is 0 Å². The molecular weight excluding hydrogens is 327 g/mol. The molecular formula is C11H9BrClFN2S. The van der Waals surface area contributed by atoms with E-state index in [1.165, 1.54) is 22.3 Å². The minimum absolute atomic E-state index is 0.274. The third-order valence-corrected chi connectivity index (χ3v) is 3.83. The summed E-state index contributed by atoms with van der Waals surface area (Å²) in [6.07, 6.45) is 2.36. The molecule has 1 N–H and O–H groups in total. The summed E-state index contributed by atoms with van der Waals surface area (Å²) in [5.74, 6) is -0.0839. The number of halogens is 3. The number of rotatable bonds is 4. The number of nitrogens with one attached hydrogen (secondary N) is 1. The summed E-state index contributed by atoms with van der Waals surface area (Å²) >= 11 is 10.5. The van der Waals surface area contributed by atoms with Crippen LogP contribution in [0, 0.1) is 5.82 Å². The molecule has 0 fully saturated rings. The van der Waals surface area contributed by atoms with Crippen molar-refractivity contribution < 1.29 is 4.39 Å². The first-order valence-corrected chi connectivity index (χ1v) is 6.93. The van der Waals surface area contributed by atoms with Crippen LogP contribution in [0.4, 0.5) is 10.2 Å². The number of pyridine rings is 1. The van der Waals surface area contributed by atoms with Crippen molar-refractivity contribution in [1.29, 1.82) is 0 Å². The van der Waals surface area contributed by atoms with Gasteiger partial charge in [-0.15, -0.1) is 11.3 Å². The summed E-state index contributed by atoms with van der Waals surface area (Å²) in [7, 11) is 0. The summed E-state index contributed by atoms with van der Waals surface area (Å²) < 4.78 is 14.8. The average molecular weight is 336 g/mol. The largest absolute Gasteiger partial charge is 0.367 e. The Morgan fingerprint density at radius 2 is 2.29 bits per heavy atom. The van der Waals surface area contributed by atoms with Crippen LogP contribution in [-0.2, 0) is 6.42 Å². The highest BCUT2D eigenvalue weighted by atomic mass is 79.9. The van der Waals surface area contributed by atoms with Crippen LogP contribution < -0.4 is 5.32 Å². The van der Waals surface area contributed by atoms with Crippen LogP contribution in [0.2, 0.25) is 4.34 Å². The first kappa shape index (κ1) is 12.8. The second-order valence-electron chi connectivity index (χ2n) is 3.37. The molecule has 90 valence electrons. The highest BCUT2D eigenvalue weighted by Crippen LogP contribution is 2.22. The molecule has 0 saturated heterocycles. The van der Waals surface area contributed by atoms with Gasteiger partial charge in [0, 0.05) is 22.1 Å². The van der Waals surface area contributed by atoms with Crippen molar-refractivity contribution >= 4 is 44.7 Å². The highest BCUT2D eigenvalue weighted by Gasteiger charge is 2.04. The molecule has 6 heteroatoms. The fourth-order valence-electron chi connectivity index (χ4n) is 1.33. The molecule has 0 amide bonds. The van der Waals surface area contributed by atoms with Gasteiger partial charge < -0.3 is 5.32 Å². The first-order chi connectivity index (χ1) is 8.15. The second-order valence-corrected chi connectivity index (χ2v) is 6.08. The van der Waals surface area contributed by atoms with Crippen molar-refractivity contribution in [3.63, 3.8) is 0 Å². The molecule has 2 aromatic heterocycles. The van der Waals surface area contributed by atoms with Crippen LogP contribution in [0.25, 0.3) is 0 Å². The Morgan fingerprint density at radius 1 is 1.47 bits per heavy atom. The predicted octanol–water partition coefficient (Wildman–Crippen LogP) is 4.35. The van der Waals surface area contributed by atoms with Crippen LogP contribution >= 0.6 is 38.9 Å². The Kier molecular flexibility index (Phi) is 4.36. The lowest BCUT2D eigenvalue weighted by Crippen LogP contribution is -2.07. The molecule has 2 rings (SSSR count). The van der Waals surface area contributed by atoms with Crippen molar-refractivity contribution in [2.45, 2.75) is 6.42 Å². The van der Waals surface area contributed by atoms with E-state index in [-0.39, 0.29) is 11.6 Å². The topological polar surface area (TPSA) is 24.9 Å². The van der Waals surface area contributed by atoms with Gasteiger partial charge in [0.1, 0.15) is 0 Å². The van der Waals surface area contributed by atoms with E-state index in [0.717, 1.165) is 10.8 Å². The van der Waals surface area contributed by atoms with Crippen LogP contribution in [0.1, 0.15) is 4.88 Å². The van der Waals surface area contributed by atoms with E-state index in [2.05, 4.69) is 26.2 Å². The van der Waals surface area contributed by atoms with Gasteiger partial charge in [0.05, 0.1) is 4.34 Å². The van der Waals surface area contributed by atoms with Crippen molar-refractivity contribution in [3.05, 3.63) is 43.9 Å². The normalized spacial score (nSPS) is 10.5. The number of aromatic nitrogens is 1. The summed E-state index contributed by atoms with van der Waals surface area (Å²) in [6.45, 7) is 0.627. The molecule has 0 aliphatic rings. The Bertz CT molecular complexity index is 518. The lowest BCUT2D eigenvalue weighted by atomic mass is 10.3. The molecule has 0 aliphatic heterocycles. The molecule has 0 spiro atoms.